The maximum absolute atomic E-state index is 9.84. The first kappa shape index (κ1) is 18.8. The lowest BCUT2D eigenvalue weighted by Crippen LogP contribution is -1.94. The summed E-state index contributed by atoms with van der Waals surface area (Å²) in [7, 11) is 0. The van der Waals surface area contributed by atoms with Gasteiger partial charge in [0.25, 0.3) is 0 Å². The summed E-state index contributed by atoms with van der Waals surface area (Å²) in [6.07, 6.45) is 0. The Morgan fingerprint density at radius 2 is 1.02 bits per heavy atom. The molecule has 0 saturated carbocycles. The minimum Gasteiger partial charge on any atom is -0.309 e. The number of fused-ring (bicyclic) bond motifs is 6. The molecule has 0 unspecified atom stereocenters. The van der Waals surface area contributed by atoms with Crippen molar-refractivity contribution in [3.05, 3.63) is 194 Å². The summed E-state index contributed by atoms with van der Waals surface area (Å²) < 4.78 is 111. The molecule has 0 atom stereocenters. The average molecular weight is 649 g/mol. The van der Waals surface area contributed by atoms with Crippen LogP contribution in [-0.4, -0.2) is 9.13 Å². The molecule has 0 amide bonds. The highest BCUT2D eigenvalue weighted by molar-refractivity contribution is 6.17. The van der Waals surface area contributed by atoms with E-state index < -0.39 is 30.2 Å². The molecule has 0 aliphatic rings. The standard InChI is InChI=1S/C48H32N2/c1-4-13-33(14-5-1)34-23-27-39(28-24-34)49-44-21-11-10-19-41(44)42-31-36(25-29-45(42)49)37-26-30-46-43(32-37)48-40(35-15-6-2-7-16-35)20-12-22-47(48)50(46)38-17-8-3-9-18-38/h1-32H/i2D,6D,7D,10D,11D,15D,16D,19D,21D,25D,29D,31D. The molecule has 0 N–H and O–H groups in total. The third kappa shape index (κ3) is 4.50. The minimum absolute atomic E-state index is 0.0232. The van der Waals surface area contributed by atoms with Crippen LogP contribution in [0, 0.1) is 0 Å². The molecule has 0 bridgehead atoms. The molecular weight excluding hydrogens is 605 g/mol. The van der Waals surface area contributed by atoms with Gasteiger partial charge in [0.15, 0.2) is 0 Å². The Bertz CT molecular complexity index is 3490. The maximum atomic E-state index is 9.84. The summed E-state index contributed by atoms with van der Waals surface area (Å²) in [4.78, 5) is 0. The van der Waals surface area contributed by atoms with E-state index in [9.17, 15) is 4.11 Å². The quantitative estimate of drug-likeness (QED) is 0.176. The van der Waals surface area contributed by atoms with E-state index in [1.54, 1.807) is 41.0 Å². The Kier molecular flexibility index (Phi) is 4.32. The number of para-hydroxylation sites is 2. The highest BCUT2D eigenvalue weighted by Gasteiger charge is 2.18. The van der Waals surface area contributed by atoms with Gasteiger partial charge in [-0.15, -0.1) is 0 Å². The Labute approximate surface area is 307 Å². The summed E-state index contributed by atoms with van der Waals surface area (Å²) >= 11 is 0. The number of hydrogen-bond acceptors (Lipinski definition) is 0. The minimum atomic E-state index is -0.507. The van der Waals surface area contributed by atoms with Crippen molar-refractivity contribution in [2.24, 2.45) is 0 Å². The molecule has 234 valence electrons. The van der Waals surface area contributed by atoms with Gasteiger partial charge in [-0.05, 0) is 94.0 Å². The number of nitrogens with zero attached hydrogens (tertiary/aromatic N) is 2. The molecule has 50 heavy (non-hydrogen) atoms. The van der Waals surface area contributed by atoms with Crippen LogP contribution in [0.2, 0.25) is 0 Å². The maximum Gasteiger partial charge on any atom is 0.0645 e. The molecule has 0 saturated heterocycles. The summed E-state index contributed by atoms with van der Waals surface area (Å²) in [5.74, 6) is 0. The second kappa shape index (κ2) is 11.5. The van der Waals surface area contributed by atoms with Crippen LogP contribution in [0.3, 0.4) is 0 Å². The van der Waals surface area contributed by atoms with E-state index in [2.05, 4.69) is 0 Å². The number of aromatic nitrogens is 2. The number of benzene rings is 8. The zero-order valence-electron chi connectivity index (χ0n) is 38.4. The molecule has 2 nitrogen and oxygen atoms in total. The lowest BCUT2D eigenvalue weighted by molar-refractivity contribution is 1.18. The first-order chi connectivity index (χ1) is 29.8. The third-order valence-electron chi connectivity index (χ3n) is 9.25. The van der Waals surface area contributed by atoms with Crippen molar-refractivity contribution in [1.29, 1.82) is 0 Å². The molecule has 2 heteroatoms. The largest absolute Gasteiger partial charge is 0.309 e. The van der Waals surface area contributed by atoms with E-state index in [0.29, 0.717) is 38.6 Å². The van der Waals surface area contributed by atoms with Crippen LogP contribution in [-0.2, 0) is 0 Å². The van der Waals surface area contributed by atoms with Crippen LogP contribution < -0.4 is 0 Å². The Balaban J connectivity index is 1.30. The lowest BCUT2D eigenvalue weighted by Gasteiger charge is -2.10. The number of hydrogen-bond donors (Lipinski definition) is 0. The highest BCUT2D eigenvalue weighted by atomic mass is 15.0. The van der Waals surface area contributed by atoms with E-state index in [4.69, 9.17) is 12.3 Å². The van der Waals surface area contributed by atoms with Gasteiger partial charge in [-0.25, -0.2) is 0 Å². The Morgan fingerprint density at radius 3 is 1.84 bits per heavy atom. The van der Waals surface area contributed by atoms with Crippen LogP contribution >= 0.6 is 0 Å². The highest BCUT2D eigenvalue weighted by Crippen LogP contribution is 2.41. The summed E-state index contributed by atoms with van der Waals surface area (Å²) in [5.41, 5.74) is 5.59. The predicted octanol–water partition coefficient (Wildman–Crippen LogP) is 12.9. The van der Waals surface area contributed by atoms with Gasteiger partial charge in [0, 0.05) is 32.9 Å². The van der Waals surface area contributed by atoms with Crippen LogP contribution in [0.4, 0.5) is 0 Å². The summed E-state index contributed by atoms with van der Waals surface area (Å²) in [6.45, 7) is 0. The monoisotopic (exact) mass is 648 g/mol. The Hall–Kier alpha value is -6.64. The van der Waals surface area contributed by atoms with E-state index in [1.165, 1.54) is 0 Å². The van der Waals surface area contributed by atoms with Gasteiger partial charge in [0.2, 0.25) is 0 Å². The summed E-state index contributed by atoms with van der Waals surface area (Å²) in [5, 5.41) is 1.32. The van der Waals surface area contributed by atoms with Gasteiger partial charge in [0.05, 0.1) is 38.5 Å². The lowest BCUT2D eigenvalue weighted by atomic mass is 9.97. The second-order valence-electron chi connectivity index (χ2n) is 12.0. The number of rotatable bonds is 5. The average Bonchev–Trinajstić information content (AvgIpc) is 3.83. The topological polar surface area (TPSA) is 9.86 Å². The van der Waals surface area contributed by atoms with Gasteiger partial charge in [0.1, 0.15) is 0 Å². The molecule has 0 aliphatic carbocycles. The fourth-order valence-electron chi connectivity index (χ4n) is 7.02. The van der Waals surface area contributed by atoms with Crippen molar-refractivity contribution in [2.45, 2.75) is 0 Å². The zero-order chi connectivity index (χ0) is 43.5. The molecule has 0 spiro atoms. The molecule has 0 fully saturated rings. The second-order valence-corrected chi connectivity index (χ2v) is 12.0. The smallest absolute Gasteiger partial charge is 0.0645 e. The van der Waals surface area contributed by atoms with E-state index in [0.717, 1.165) is 16.8 Å². The van der Waals surface area contributed by atoms with Crippen molar-refractivity contribution < 1.29 is 16.4 Å². The van der Waals surface area contributed by atoms with E-state index in [-0.39, 0.29) is 75.2 Å². The van der Waals surface area contributed by atoms with Crippen molar-refractivity contribution >= 4 is 43.6 Å². The molecule has 2 aromatic heterocycles. The Morgan fingerprint density at radius 1 is 0.360 bits per heavy atom. The van der Waals surface area contributed by atoms with Crippen molar-refractivity contribution in [1.82, 2.24) is 9.13 Å². The predicted molar refractivity (Wildman–Crippen MR) is 211 cm³/mol. The van der Waals surface area contributed by atoms with Crippen LogP contribution in [0.25, 0.3) is 88.4 Å². The van der Waals surface area contributed by atoms with Crippen molar-refractivity contribution in [2.75, 3.05) is 0 Å². The molecule has 10 rings (SSSR count). The molecular formula is C48H32N2. The molecule has 0 aliphatic heterocycles. The van der Waals surface area contributed by atoms with Crippen LogP contribution in [0.15, 0.2) is 194 Å². The van der Waals surface area contributed by atoms with Gasteiger partial charge in [-0.2, -0.15) is 0 Å². The molecule has 10 aromatic rings. The molecule has 2 heterocycles. The molecule has 0 radical (unpaired) electrons. The summed E-state index contributed by atoms with van der Waals surface area (Å²) in [6, 6.07) is 32.8. The van der Waals surface area contributed by atoms with E-state index in [1.807, 2.05) is 89.5 Å². The molecule has 8 aromatic carbocycles. The van der Waals surface area contributed by atoms with Crippen LogP contribution in [0.5, 0.6) is 0 Å². The first-order valence-corrected chi connectivity index (χ1v) is 16.2. The SMILES string of the molecule is [2H]c1c([2H])c([2H])c(-c2cccc3c2c2cc(-c4c([2H])c([2H])c5c(c4[2H])c4c([2H])c([2H])c([2H])c([2H])c4n5-c4ccc(-c5ccccc5)cc4)ccc2n3-c2ccccc2)c([2H])c1[2H]. The van der Waals surface area contributed by atoms with Crippen molar-refractivity contribution in [3.8, 4) is 44.8 Å². The van der Waals surface area contributed by atoms with Crippen LogP contribution in [0.1, 0.15) is 16.4 Å². The first-order valence-electron chi connectivity index (χ1n) is 22.2. The van der Waals surface area contributed by atoms with Gasteiger partial charge >= 0.3 is 0 Å². The van der Waals surface area contributed by atoms with E-state index >= 15 is 0 Å². The van der Waals surface area contributed by atoms with Gasteiger partial charge in [-0.1, -0.05) is 133 Å². The van der Waals surface area contributed by atoms with Gasteiger partial charge in [-0.3, -0.25) is 0 Å². The fourth-order valence-corrected chi connectivity index (χ4v) is 7.02. The third-order valence-corrected chi connectivity index (χ3v) is 9.25. The fraction of sp³-hybridized carbons (Fsp3) is 0. The van der Waals surface area contributed by atoms with Gasteiger partial charge < -0.3 is 9.13 Å². The van der Waals surface area contributed by atoms with Crippen molar-refractivity contribution in [3.63, 3.8) is 0 Å². The zero-order valence-corrected chi connectivity index (χ0v) is 26.4. The normalized spacial score (nSPS) is 15.0.